The first-order valence-corrected chi connectivity index (χ1v) is 9.06. The molecule has 0 spiro atoms. The number of anilines is 1. The van der Waals surface area contributed by atoms with E-state index < -0.39 is 0 Å². The topological polar surface area (TPSA) is 65.4 Å². The normalized spacial score (nSPS) is 15.8. The third-order valence-electron chi connectivity index (χ3n) is 4.89. The van der Waals surface area contributed by atoms with Crippen LogP contribution < -0.4 is 4.90 Å². The average Bonchev–Trinajstić information content (AvgIpc) is 2.68. The lowest BCUT2D eigenvalue weighted by Crippen LogP contribution is -2.44. The van der Waals surface area contributed by atoms with Gasteiger partial charge in [-0.1, -0.05) is 13.0 Å². The molecule has 1 saturated heterocycles. The Balaban J connectivity index is 1.77. The molecule has 0 saturated carbocycles. The van der Waals surface area contributed by atoms with E-state index in [9.17, 15) is 0 Å². The molecule has 0 aromatic carbocycles. The molecule has 2 aromatic rings. The van der Waals surface area contributed by atoms with Crippen LogP contribution in [0.25, 0.3) is 11.5 Å². The summed E-state index contributed by atoms with van der Waals surface area (Å²) in [6.45, 7) is 5.02. The minimum absolute atomic E-state index is 0.218. The Morgan fingerprint density at radius 3 is 2.68 bits per heavy atom. The van der Waals surface area contributed by atoms with Crippen molar-refractivity contribution in [1.29, 1.82) is 0 Å². The van der Waals surface area contributed by atoms with Gasteiger partial charge in [0.15, 0.2) is 5.82 Å². The zero-order valence-corrected chi connectivity index (χ0v) is 15.1. The zero-order valence-electron chi connectivity index (χ0n) is 15.1. The van der Waals surface area contributed by atoms with Crippen molar-refractivity contribution in [2.24, 2.45) is 0 Å². The van der Waals surface area contributed by atoms with Crippen LogP contribution in [-0.2, 0) is 6.42 Å². The Morgan fingerprint density at radius 2 is 2.04 bits per heavy atom. The van der Waals surface area contributed by atoms with Gasteiger partial charge in [0.05, 0.1) is 6.61 Å². The second-order valence-electron chi connectivity index (χ2n) is 6.53. The van der Waals surface area contributed by atoms with E-state index in [-0.39, 0.29) is 6.61 Å². The van der Waals surface area contributed by atoms with Crippen molar-refractivity contribution in [2.75, 3.05) is 38.2 Å². The van der Waals surface area contributed by atoms with Crippen LogP contribution in [0.2, 0.25) is 0 Å². The van der Waals surface area contributed by atoms with Gasteiger partial charge in [-0.05, 0) is 38.4 Å². The molecule has 1 N–H and O–H groups in total. The maximum atomic E-state index is 9.12. The van der Waals surface area contributed by atoms with Crippen molar-refractivity contribution >= 4 is 5.82 Å². The number of hydrogen-bond donors (Lipinski definition) is 1. The highest BCUT2D eigenvalue weighted by molar-refractivity contribution is 5.53. The molecular weight excluding hydrogens is 314 g/mol. The predicted octanol–water partition coefficient (Wildman–Crippen LogP) is 1.99. The SMILES string of the molecule is CCc1cc(N2CCC(N(C)CCO)CC2)nc(-c2ccccn2)n1. The summed E-state index contributed by atoms with van der Waals surface area (Å²) in [7, 11) is 2.09. The molecule has 25 heavy (non-hydrogen) atoms. The van der Waals surface area contributed by atoms with Gasteiger partial charge in [-0.3, -0.25) is 4.98 Å². The maximum absolute atomic E-state index is 9.12. The summed E-state index contributed by atoms with van der Waals surface area (Å²) >= 11 is 0. The van der Waals surface area contributed by atoms with Crippen LogP contribution >= 0.6 is 0 Å². The minimum Gasteiger partial charge on any atom is -0.395 e. The van der Waals surface area contributed by atoms with E-state index in [0.29, 0.717) is 11.9 Å². The maximum Gasteiger partial charge on any atom is 0.180 e. The summed E-state index contributed by atoms with van der Waals surface area (Å²) in [5.41, 5.74) is 1.86. The number of likely N-dealkylation sites (N-methyl/N-ethyl adjacent to an activating group) is 1. The molecule has 1 aliphatic heterocycles. The van der Waals surface area contributed by atoms with Gasteiger partial charge in [-0.25, -0.2) is 9.97 Å². The largest absolute Gasteiger partial charge is 0.395 e. The molecule has 3 heterocycles. The summed E-state index contributed by atoms with van der Waals surface area (Å²) in [6.07, 6.45) is 4.83. The van der Waals surface area contributed by atoms with Gasteiger partial charge in [-0.15, -0.1) is 0 Å². The number of aliphatic hydroxyl groups excluding tert-OH is 1. The number of nitrogens with zero attached hydrogens (tertiary/aromatic N) is 5. The fourth-order valence-electron chi connectivity index (χ4n) is 3.31. The number of rotatable bonds is 6. The molecule has 0 amide bonds. The molecule has 0 aliphatic carbocycles. The van der Waals surface area contributed by atoms with Crippen LogP contribution in [0, 0.1) is 0 Å². The number of pyridine rings is 1. The lowest BCUT2D eigenvalue weighted by molar-refractivity contribution is 0.161. The molecule has 134 valence electrons. The summed E-state index contributed by atoms with van der Waals surface area (Å²) in [6, 6.07) is 8.46. The van der Waals surface area contributed by atoms with Gasteiger partial charge >= 0.3 is 0 Å². The predicted molar refractivity (Wildman–Crippen MR) is 99.6 cm³/mol. The Kier molecular flexibility index (Phi) is 5.94. The monoisotopic (exact) mass is 341 g/mol. The van der Waals surface area contributed by atoms with Gasteiger partial charge in [0.25, 0.3) is 0 Å². The van der Waals surface area contributed by atoms with Crippen molar-refractivity contribution in [1.82, 2.24) is 19.9 Å². The van der Waals surface area contributed by atoms with E-state index in [4.69, 9.17) is 10.1 Å². The molecule has 2 aromatic heterocycles. The van der Waals surface area contributed by atoms with E-state index in [1.165, 1.54) is 0 Å². The van der Waals surface area contributed by atoms with Gasteiger partial charge in [0.2, 0.25) is 0 Å². The molecule has 6 heteroatoms. The number of piperidine rings is 1. The van der Waals surface area contributed by atoms with Crippen molar-refractivity contribution in [3.63, 3.8) is 0 Å². The van der Waals surface area contributed by atoms with E-state index in [1.807, 2.05) is 18.2 Å². The Labute approximate surface area is 149 Å². The number of aromatic nitrogens is 3. The molecular formula is C19H27N5O. The van der Waals surface area contributed by atoms with Crippen molar-refractivity contribution in [3.05, 3.63) is 36.2 Å². The van der Waals surface area contributed by atoms with Crippen LogP contribution in [0.5, 0.6) is 0 Å². The van der Waals surface area contributed by atoms with Crippen molar-refractivity contribution < 1.29 is 5.11 Å². The summed E-state index contributed by atoms with van der Waals surface area (Å²) in [4.78, 5) is 18.4. The van der Waals surface area contributed by atoms with Crippen molar-refractivity contribution in [3.8, 4) is 11.5 Å². The highest BCUT2D eigenvalue weighted by Gasteiger charge is 2.23. The molecule has 0 radical (unpaired) electrons. The van der Waals surface area contributed by atoms with Gasteiger partial charge in [0, 0.05) is 43.6 Å². The van der Waals surface area contributed by atoms with Crippen LogP contribution in [-0.4, -0.2) is 64.3 Å². The molecule has 6 nitrogen and oxygen atoms in total. The second-order valence-corrected chi connectivity index (χ2v) is 6.53. The third-order valence-corrected chi connectivity index (χ3v) is 4.89. The molecule has 1 aliphatic rings. The molecule has 0 unspecified atom stereocenters. The summed E-state index contributed by atoms with van der Waals surface area (Å²) in [5, 5.41) is 9.12. The van der Waals surface area contributed by atoms with Crippen LogP contribution in [0.4, 0.5) is 5.82 Å². The second kappa shape index (κ2) is 8.36. The minimum atomic E-state index is 0.218. The highest BCUT2D eigenvalue weighted by atomic mass is 16.3. The Hall–Kier alpha value is -2.05. The number of hydrogen-bond acceptors (Lipinski definition) is 6. The first-order valence-electron chi connectivity index (χ1n) is 9.06. The quantitative estimate of drug-likeness (QED) is 0.867. The van der Waals surface area contributed by atoms with E-state index in [0.717, 1.165) is 56.1 Å². The molecule has 1 fully saturated rings. The van der Waals surface area contributed by atoms with Crippen LogP contribution in [0.3, 0.4) is 0 Å². The van der Waals surface area contributed by atoms with E-state index >= 15 is 0 Å². The average molecular weight is 341 g/mol. The molecule has 3 rings (SSSR count). The Bertz CT molecular complexity index is 671. The molecule has 0 atom stereocenters. The molecule has 0 bridgehead atoms. The first kappa shape index (κ1) is 17.8. The fourth-order valence-corrected chi connectivity index (χ4v) is 3.31. The lowest BCUT2D eigenvalue weighted by Gasteiger charge is -2.37. The van der Waals surface area contributed by atoms with E-state index in [1.54, 1.807) is 6.20 Å². The van der Waals surface area contributed by atoms with Gasteiger partial charge in [-0.2, -0.15) is 0 Å². The fraction of sp³-hybridized carbons (Fsp3) is 0.526. The first-order chi connectivity index (χ1) is 12.2. The van der Waals surface area contributed by atoms with Crippen LogP contribution in [0.1, 0.15) is 25.5 Å². The third kappa shape index (κ3) is 4.32. The standard InChI is InChI=1S/C19H27N5O/c1-3-15-14-18(22-19(21-15)17-6-4-5-9-20-17)24-10-7-16(8-11-24)23(2)12-13-25/h4-6,9,14,16,25H,3,7-8,10-13H2,1-2H3. The summed E-state index contributed by atoms with van der Waals surface area (Å²) < 4.78 is 0. The van der Waals surface area contributed by atoms with Gasteiger partial charge < -0.3 is 14.9 Å². The van der Waals surface area contributed by atoms with E-state index in [2.05, 4.69) is 39.8 Å². The number of aryl methyl sites for hydroxylation is 1. The lowest BCUT2D eigenvalue weighted by atomic mass is 10.0. The summed E-state index contributed by atoms with van der Waals surface area (Å²) in [5.74, 6) is 1.70. The van der Waals surface area contributed by atoms with Gasteiger partial charge in [0.1, 0.15) is 11.5 Å². The smallest absolute Gasteiger partial charge is 0.180 e. The zero-order chi connectivity index (χ0) is 17.6. The highest BCUT2D eigenvalue weighted by Crippen LogP contribution is 2.23. The number of aliphatic hydroxyl groups is 1. The van der Waals surface area contributed by atoms with Crippen LogP contribution in [0.15, 0.2) is 30.5 Å². The Morgan fingerprint density at radius 1 is 1.24 bits per heavy atom. The van der Waals surface area contributed by atoms with Crippen molar-refractivity contribution in [2.45, 2.75) is 32.2 Å².